The Labute approximate surface area is 179 Å². The summed E-state index contributed by atoms with van der Waals surface area (Å²) in [5.41, 5.74) is 3.65. The molecule has 3 rings (SSSR count). The molecule has 0 bridgehead atoms. The second-order valence-electron chi connectivity index (χ2n) is 9.40. The first-order chi connectivity index (χ1) is 14.1. The predicted molar refractivity (Wildman–Crippen MR) is 123 cm³/mol. The summed E-state index contributed by atoms with van der Waals surface area (Å²) < 4.78 is 0. The molecule has 1 aliphatic heterocycles. The van der Waals surface area contributed by atoms with Crippen molar-refractivity contribution < 1.29 is 9.59 Å². The molecule has 0 aliphatic carbocycles. The fourth-order valence-corrected chi connectivity index (χ4v) is 3.64. The Hall–Kier alpha value is -2.82. The van der Waals surface area contributed by atoms with Gasteiger partial charge in [0.1, 0.15) is 6.04 Å². The van der Waals surface area contributed by atoms with Crippen LogP contribution in [-0.2, 0) is 10.2 Å². The van der Waals surface area contributed by atoms with E-state index in [0.717, 1.165) is 30.3 Å². The van der Waals surface area contributed by atoms with Gasteiger partial charge in [-0.3, -0.25) is 9.59 Å². The zero-order valence-electron chi connectivity index (χ0n) is 18.7. The zero-order chi connectivity index (χ0) is 21.9. The topological polar surface area (TPSA) is 61.4 Å². The highest BCUT2D eigenvalue weighted by molar-refractivity contribution is 6.01. The molecule has 0 radical (unpaired) electrons. The Balaban J connectivity index is 1.54. The van der Waals surface area contributed by atoms with E-state index in [1.807, 2.05) is 36.4 Å². The van der Waals surface area contributed by atoms with Crippen LogP contribution in [0.25, 0.3) is 0 Å². The van der Waals surface area contributed by atoms with E-state index in [1.54, 1.807) is 19.1 Å². The minimum absolute atomic E-state index is 0.0325. The molecule has 2 amide bonds. The Bertz CT molecular complexity index is 882. The van der Waals surface area contributed by atoms with Crippen LogP contribution in [0.15, 0.2) is 48.5 Å². The fraction of sp³-hybridized carbons (Fsp3) is 0.440. The van der Waals surface area contributed by atoms with E-state index >= 15 is 0 Å². The Morgan fingerprint density at radius 2 is 1.67 bits per heavy atom. The highest BCUT2D eigenvalue weighted by Gasteiger charge is 2.20. The van der Waals surface area contributed by atoms with E-state index in [2.05, 4.69) is 43.2 Å². The quantitative estimate of drug-likeness (QED) is 0.762. The van der Waals surface area contributed by atoms with Crippen LogP contribution >= 0.6 is 0 Å². The lowest BCUT2D eigenvalue weighted by Gasteiger charge is -2.20. The summed E-state index contributed by atoms with van der Waals surface area (Å²) in [6.07, 6.45) is 1.22. The van der Waals surface area contributed by atoms with E-state index < -0.39 is 6.04 Å². The first-order valence-corrected chi connectivity index (χ1v) is 10.7. The minimum Gasteiger partial charge on any atom is -0.371 e. The van der Waals surface area contributed by atoms with Gasteiger partial charge in [0, 0.05) is 30.0 Å². The van der Waals surface area contributed by atoms with E-state index in [0.29, 0.717) is 5.56 Å². The van der Waals surface area contributed by atoms with Crippen LogP contribution in [0.4, 0.5) is 11.4 Å². The van der Waals surface area contributed by atoms with Gasteiger partial charge in [0.15, 0.2) is 0 Å². The highest BCUT2D eigenvalue weighted by atomic mass is 16.2. The standard InChI is InChI=1S/C25H33N3O2/c1-17-14-15-28(16-17)22-12-10-21(11-13-22)27-23(29)18(2)26-24(30)19-6-8-20(9-7-19)25(3,4)5/h6-13,17-18H,14-16H2,1-5H3,(H,26,30)(H,27,29). The van der Waals surface area contributed by atoms with Crippen LogP contribution in [0.5, 0.6) is 0 Å². The molecule has 1 heterocycles. The van der Waals surface area contributed by atoms with Gasteiger partial charge in [-0.15, -0.1) is 0 Å². The van der Waals surface area contributed by atoms with Crippen LogP contribution in [0.3, 0.4) is 0 Å². The average molecular weight is 408 g/mol. The number of nitrogens with zero attached hydrogens (tertiary/aromatic N) is 1. The summed E-state index contributed by atoms with van der Waals surface area (Å²) in [6.45, 7) is 12.5. The Morgan fingerprint density at radius 3 is 2.20 bits per heavy atom. The number of carbonyl (C=O) groups is 2. The molecule has 1 aliphatic rings. The molecular weight excluding hydrogens is 374 g/mol. The van der Waals surface area contributed by atoms with Crippen molar-refractivity contribution in [3.05, 3.63) is 59.7 Å². The molecule has 0 spiro atoms. The maximum Gasteiger partial charge on any atom is 0.251 e. The van der Waals surface area contributed by atoms with E-state index in [-0.39, 0.29) is 17.2 Å². The van der Waals surface area contributed by atoms with Gasteiger partial charge in [-0.05, 0) is 66.6 Å². The van der Waals surface area contributed by atoms with Crippen LogP contribution < -0.4 is 15.5 Å². The maximum absolute atomic E-state index is 12.5. The van der Waals surface area contributed by atoms with Crippen molar-refractivity contribution >= 4 is 23.2 Å². The van der Waals surface area contributed by atoms with Crippen molar-refractivity contribution in [1.82, 2.24) is 5.32 Å². The summed E-state index contributed by atoms with van der Waals surface area (Å²) in [5.74, 6) is 0.229. The average Bonchev–Trinajstić information content (AvgIpc) is 3.14. The third-order valence-corrected chi connectivity index (χ3v) is 5.68. The van der Waals surface area contributed by atoms with E-state index in [4.69, 9.17) is 0 Å². The molecule has 2 atom stereocenters. The number of benzene rings is 2. The molecule has 1 fully saturated rings. The molecule has 0 aromatic heterocycles. The van der Waals surface area contributed by atoms with Gasteiger partial charge in [0.25, 0.3) is 5.91 Å². The van der Waals surface area contributed by atoms with Crippen LogP contribution in [0, 0.1) is 5.92 Å². The first-order valence-electron chi connectivity index (χ1n) is 10.7. The number of rotatable bonds is 5. The molecule has 0 saturated carbocycles. The number of carbonyl (C=O) groups excluding carboxylic acids is 2. The minimum atomic E-state index is -0.640. The molecular formula is C25H33N3O2. The lowest BCUT2D eigenvalue weighted by molar-refractivity contribution is -0.117. The van der Waals surface area contributed by atoms with Crippen molar-refractivity contribution in [1.29, 1.82) is 0 Å². The normalized spacial score (nSPS) is 17.5. The number of hydrogen-bond donors (Lipinski definition) is 2. The highest BCUT2D eigenvalue weighted by Crippen LogP contribution is 2.25. The largest absolute Gasteiger partial charge is 0.371 e. The lowest BCUT2D eigenvalue weighted by atomic mass is 9.86. The van der Waals surface area contributed by atoms with Gasteiger partial charge < -0.3 is 15.5 Å². The maximum atomic E-state index is 12.5. The second-order valence-corrected chi connectivity index (χ2v) is 9.40. The summed E-state index contributed by atoms with van der Waals surface area (Å²) >= 11 is 0. The predicted octanol–water partition coefficient (Wildman–Crippen LogP) is 4.59. The zero-order valence-corrected chi connectivity index (χ0v) is 18.7. The van der Waals surface area contributed by atoms with Crippen molar-refractivity contribution in [3.63, 3.8) is 0 Å². The summed E-state index contributed by atoms with van der Waals surface area (Å²) in [5, 5.41) is 5.66. The van der Waals surface area contributed by atoms with Gasteiger partial charge >= 0.3 is 0 Å². The SMILES string of the molecule is CC1CCN(c2ccc(NC(=O)C(C)NC(=O)c3ccc(C(C)(C)C)cc3)cc2)C1. The molecule has 160 valence electrons. The first kappa shape index (κ1) is 21.9. The van der Waals surface area contributed by atoms with Gasteiger partial charge in [-0.1, -0.05) is 39.8 Å². The smallest absolute Gasteiger partial charge is 0.251 e. The van der Waals surface area contributed by atoms with Crippen molar-refractivity contribution in [3.8, 4) is 0 Å². The third kappa shape index (κ3) is 5.41. The van der Waals surface area contributed by atoms with Crippen LogP contribution in [0.2, 0.25) is 0 Å². The molecule has 1 saturated heterocycles. The number of hydrogen-bond acceptors (Lipinski definition) is 3. The Kier molecular flexibility index (Phi) is 6.49. The number of amides is 2. The summed E-state index contributed by atoms with van der Waals surface area (Å²) in [7, 11) is 0. The molecule has 5 nitrogen and oxygen atoms in total. The molecule has 2 aromatic rings. The number of nitrogens with one attached hydrogen (secondary N) is 2. The van der Waals surface area contributed by atoms with E-state index in [9.17, 15) is 9.59 Å². The molecule has 30 heavy (non-hydrogen) atoms. The summed E-state index contributed by atoms with van der Waals surface area (Å²) in [4.78, 5) is 27.4. The van der Waals surface area contributed by atoms with Gasteiger partial charge in [-0.25, -0.2) is 0 Å². The fourth-order valence-electron chi connectivity index (χ4n) is 3.64. The van der Waals surface area contributed by atoms with Gasteiger partial charge in [0.2, 0.25) is 5.91 Å². The van der Waals surface area contributed by atoms with Gasteiger partial charge in [0.05, 0.1) is 0 Å². The van der Waals surface area contributed by atoms with Crippen molar-refractivity contribution in [2.24, 2.45) is 5.92 Å². The monoisotopic (exact) mass is 407 g/mol. The second kappa shape index (κ2) is 8.90. The molecule has 5 heteroatoms. The molecule has 2 unspecified atom stereocenters. The summed E-state index contributed by atoms with van der Waals surface area (Å²) in [6, 6.07) is 14.8. The van der Waals surface area contributed by atoms with Gasteiger partial charge in [-0.2, -0.15) is 0 Å². The van der Waals surface area contributed by atoms with Crippen molar-refractivity contribution in [2.75, 3.05) is 23.3 Å². The Morgan fingerprint density at radius 1 is 1.03 bits per heavy atom. The van der Waals surface area contributed by atoms with Crippen molar-refractivity contribution in [2.45, 2.75) is 52.5 Å². The van der Waals surface area contributed by atoms with E-state index in [1.165, 1.54) is 12.1 Å². The third-order valence-electron chi connectivity index (χ3n) is 5.68. The van der Waals surface area contributed by atoms with Crippen LogP contribution in [-0.4, -0.2) is 30.9 Å². The lowest BCUT2D eigenvalue weighted by Crippen LogP contribution is -2.41. The molecule has 2 aromatic carbocycles. The molecule has 2 N–H and O–H groups in total. The number of anilines is 2. The van der Waals surface area contributed by atoms with Crippen LogP contribution in [0.1, 0.15) is 57.0 Å².